The average molecular weight is 317 g/mol. The number of primary amides is 1. The molecule has 1 saturated heterocycles. The zero-order valence-electron chi connectivity index (χ0n) is 12.1. The van der Waals surface area contributed by atoms with Crippen LogP contribution in [0.1, 0.15) is 10.4 Å². The minimum atomic E-state index is -0.492. The third-order valence-corrected chi connectivity index (χ3v) is 3.98. The van der Waals surface area contributed by atoms with E-state index >= 15 is 0 Å². The van der Waals surface area contributed by atoms with E-state index in [1.165, 1.54) is 11.8 Å². The molecule has 0 saturated carbocycles. The fourth-order valence-corrected chi connectivity index (χ4v) is 2.82. The lowest BCUT2D eigenvalue weighted by Crippen LogP contribution is -2.46. The van der Waals surface area contributed by atoms with Crippen molar-refractivity contribution in [3.8, 4) is 0 Å². The average Bonchev–Trinajstić information content (AvgIpc) is 2.55. The Kier molecular flexibility index (Phi) is 4.15. The first kappa shape index (κ1) is 14.7. The summed E-state index contributed by atoms with van der Waals surface area (Å²) in [4.78, 5) is 20.1. The first-order chi connectivity index (χ1) is 10.6. The monoisotopic (exact) mass is 316 g/mol. The second-order valence-corrected chi connectivity index (χ2v) is 5.60. The fourth-order valence-electron chi connectivity index (χ4n) is 2.62. The van der Waals surface area contributed by atoms with Crippen LogP contribution in [0.25, 0.3) is 0 Å². The van der Waals surface area contributed by atoms with Crippen molar-refractivity contribution in [1.82, 2.24) is 4.98 Å². The van der Waals surface area contributed by atoms with Gasteiger partial charge in [-0.2, -0.15) is 0 Å². The summed E-state index contributed by atoms with van der Waals surface area (Å²) < 4.78 is 0. The van der Waals surface area contributed by atoms with Gasteiger partial charge in [-0.15, -0.1) is 0 Å². The molecule has 1 fully saturated rings. The Labute approximate surface area is 134 Å². The number of aromatic nitrogens is 1. The van der Waals surface area contributed by atoms with Gasteiger partial charge in [0.1, 0.15) is 11.0 Å². The molecule has 0 atom stereocenters. The molecule has 1 aromatic carbocycles. The van der Waals surface area contributed by atoms with Crippen LogP contribution >= 0.6 is 11.6 Å². The van der Waals surface area contributed by atoms with Gasteiger partial charge in [0.15, 0.2) is 0 Å². The van der Waals surface area contributed by atoms with Gasteiger partial charge in [-0.1, -0.05) is 29.8 Å². The number of carbonyl (C=O) groups is 1. The summed E-state index contributed by atoms with van der Waals surface area (Å²) in [6.07, 6.45) is 0. The van der Waals surface area contributed by atoms with Crippen LogP contribution in [0.5, 0.6) is 0 Å². The van der Waals surface area contributed by atoms with Crippen LogP contribution in [0.3, 0.4) is 0 Å². The van der Waals surface area contributed by atoms with Crippen molar-refractivity contribution in [2.24, 2.45) is 5.73 Å². The maximum Gasteiger partial charge on any atom is 0.248 e. The molecule has 1 aliphatic heterocycles. The molecule has 2 heterocycles. The molecule has 6 heteroatoms. The molecule has 2 aromatic rings. The van der Waals surface area contributed by atoms with Gasteiger partial charge in [0.25, 0.3) is 0 Å². The van der Waals surface area contributed by atoms with E-state index in [2.05, 4.69) is 26.9 Å². The van der Waals surface area contributed by atoms with Crippen molar-refractivity contribution < 1.29 is 4.79 Å². The molecule has 0 radical (unpaired) electrons. The first-order valence-corrected chi connectivity index (χ1v) is 7.53. The van der Waals surface area contributed by atoms with E-state index in [0.717, 1.165) is 26.2 Å². The van der Waals surface area contributed by atoms with Gasteiger partial charge in [-0.3, -0.25) is 4.79 Å². The molecule has 1 aliphatic rings. The Balaban J connectivity index is 1.73. The summed E-state index contributed by atoms with van der Waals surface area (Å²) in [7, 11) is 0. The van der Waals surface area contributed by atoms with Gasteiger partial charge in [0.2, 0.25) is 5.91 Å². The summed E-state index contributed by atoms with van der Waals surface area (Å²) in [5.74, 6) is 0.211. The van der Waals surface area contributed by atoms with E-state index in [1.54, 1.807) is 6.07 Å². The van der Waals surface area contributed by atoms with Gasteiger partial charge in [-0.25, -0.2) is 4.98 Å². The van der Waals surface area contributed by atoms with E-state index in [0.29, 0.717) is 11.4 Å². The Hall–Kier alpha value is -2.27. The number of hydrogen-bond donors (Lipinski definition) is 1. The van der Waals surface area contributed by atoms with E-state index < -0.39 is 5.91 Å². The number of piperazine rings is 1. The summed E-state index contributed by atoms with van der Waals surface area (Å²) >= 11 is 5.98. The summed E-state index contributed by atoms with van der Waals surface area (Å²) in [6, 6.07) is 13.5. The number of halogens is 1. The van der Waals surface area contributed by atoms with E-state index in [4.69, 9.17) is 17.3 Å². The molecule has 3 rings (SSSR count). The van der Waals surface area contributed by atoms with E-state index in [-0.39, 0.29) is 5.15 Å². The molecular formula is C16H17ClN4O. The topological polar surface area (TPSA) is 62.5 Å². The number of amides is 1. The van der Waals surface area contributed by atoms with Crippen LogP contribution in [-0.4, -0.2) is 37.1 Å². The van der Waals surface area contributed by atoms with Crippen molar-refractivity contribution >= 4 is 29.0 Å². The number of benzene rings is 1. The lowest BCUT2D eigenvalue weighted by molar-refractivity contribution is 0.1000. The molecule has 2 N–H and O–H groups in total. The third kappa shape index (κ3) is 3.14. The molecular weight excluding hydrogens is 300 g/mol. The highest BCUT2D eigenvalue weighted by molar-refractivity contribution is 6.29. The number of carbonyl (C=O) groups excluding carboxylic acids is 1. The predicted molar refractivity (Wildman–Crippen MR) is 88.6 cm³/mol. The summed E-state index contributed by atoms with van der Waals surface area (Å²) in [5, 5.41) is 0.289. The Morgan fingerprint density at radius 3 is 2.32 bits per heavy atom. The van der Waals surface area contributed by atoms with E-state index in [9.17, 15) is 4.79 Å². The molecule has 0 bridgehead atoms. The summed E-state index contributed by atoms with van der Waals surface area (Å²) in [5.41, 5.74) is 6.94. The standard InChI is InChI=1S/C16H17ClN4O/c17-14-10-12(16(18)22)11-15(19-14)21-8-6-20(7-9-21)13-4-2-1-3-5-13/h1-5,10-11H,6-9H2,(H2,18,22). The molecule has 0 spiro atoms. The van der Waals surface area contributed by atoms with E-state index in [1.807, 2.05) is 18.2 Å². The predicted octanol–water partition coefficient (Wildman–Crippen LogP) is 2.16. The Morgan fingerprint density at radius 1 is 1.05 bits per heavy atom. The minimum Gasteiger partial charge on any atom is -0.368 e. The highest BCUT2D eigenvalue weighted by Gasteiger charge is 2.19. The minimum absolute atomic E-state index is 0.289. The second kappa shape index (κ2) is 6.23. The quantitative estimate of drug-likeness (QED) is 0.881. The SMILES string of the molecule is NC(=O)c1cc(Cl)nc(N2CCN(c3ccccc3)CC2)c1. The Bertz CT molecular complexity index is 669. The molecule has 22 heavy (non-hydrogen) atoms. The van der Waals surface area contributed by atoms with Crippen LogP contribution in [0.2, 0.25) is 5.15 Å². The van der Waals surface area contributed by atoms with Crippen molar-refractivity contribution in [3.05, 3.63) is 53.2 Å². The normalized spacial score (nSPS) is 15.0. The molecule has 0 aliphatic carbocycles. The van der Waals surface area contributed by atoms with Crippen molar-refractivity contribution in [2.45, 2.75) is 0 Å². The molecule has 1 amide bonds. The number of anilines is 2. The highest BCUT2D eigenvalue weighted by Crippen LogP contribution is 2.21. The summed E-state index contributed by atoms with van der Waals surface area (Å²) in [6.45, 7) is 3.43. The third-order valence-electron chi connectivity index (χ3n) is 3.79. The number of rotatable bonds is 3. The smallest absolute Gasteiger partial charge is 0.248 e. The van der Waals surface area contributed by atoms with Crippen molar-refractivity contribution in [3.63, 3.8) is 0 Å². The fraction of sp³-hybridized carbons (Fsp3) is 0.250. The first-order valence-electron chi connectivity index (χ1n) is 7.16. The zero-order chi connectivity index (χ0) is 15.5. The largest absolute Gasteiger partial charge is 0.368 e. The second-order valence-electron chi connectivity index (χ2n) is 5.21. The number of nitrogens with two attached hydrogens (primary N) is 1. The number of nitrogens with zero attached hydrogens (tertiary/aromatic N) is 3. The maximum absolute atomic E-state index is 11.3. The maximum atomic E-state index is 11.3. The van der Waals surface area contributed by atoms with Gasteiger partial charge in [-0.05, 0) is 24.3 Å². The van der Waals surface area contributed by atoms with Crippen LogP contribution in [-0.2, 0) is 0 Å². The number of para-hydroxylation sites is 1. The van der Waals surface area contributed by atoms with Crippen molar-refractivity contribution in [2.75, 3.05) is 36.0 Å². The lowest BCUT2D eigenvalue weighted by Gasteiger charge is -2.36. The van der Waals surface area contributed by atoms with Gasteiger partial charge >= 0.3 is 0 Å². The molecule has 1 aromatic heterocycles. The molecule has 0 unspecified atom stereocenters. The van der Waals surface area contributed by atoms with Crippen LogP contribution < -0.4 is 15.5 Å². The van der Waals surface area contributed by atoms with Gasteiger partial charge in [0, 0.05) is 37.4 Å². The number of pyridine rings is 1. The Morgan fingerprint density at radius 2 is 1.68 bits per heavy atom. The zero-order valence-corrected chi connectivity index (χ0v) is 12.8. The highest BCUT2D eigenvalue weighted by atomic mass is 35.5. The van der Waals surface area contributed by atoms with Crippen LogP contribution in [0.15, 0.2) is 42.5 Å². The lowest BCUT2D eigenvalue weighted by atomic mass is 10.2. The van der Waals surface area contributed by atoms with Crippen LogP contribution in [0, 0.1) is 0 Å². The van der Waals surface area contributed by atoms with Gasteiger partial charge in [0.05, 0.1) is 0 Å². The molecule has 5 nitrogen and oxygen atoms in total. The van der Waals surface area contributed by atoms with Crippen LogP contribution in [0.4, 0.5) is 11.5 Å². The molecule has 114 valence electrons. The van der Waals surface area contributed by atoms with Crippen molar-refractivity contribution in [1.29, 1.82) is 0 Å². The van der Waals surface area contributed by atoms with Gasteiger partial charge < -0.3 is 15.5 Å². The number of hydrogen-bond acceptors (Lipinski definition) is 4.